The van der Waals surface area contributed by atoms with E-state index in [9.17, 15) is 0 Å². The van der Waals surface area contributed by atoms with Crippen LogP contribution in [0.4, 0.5) is 0 Å². The molecule has 5 heavy (non-hydrogen) atoms. The van der Waals surface area contributed by atoms with Crippen molar-refractivity contribution in [3.63, 3.8) is 0 Å². The predicted octanol–water partition coefficient (Wildman–Crippen LogP) is -0.686. The lowest BCUT2D eigenvalue weighted by Gasteiger charge is -1.71. The molecule has 0 aliphatic carbocycles. The van der Waals surface area contributed by atoms with Crippen molar-refractivity contribution >= 4 is 14.5 Å². The van der Waals surface area contributed by atoms with Gasteiger partial charge in [0, 0.05) is 0 Å². The van der Waals surface area contributed by atoms with Crippen molar-refractivity contribution in [2.24, 2.45) is 0 Å². The van der Waals surface area contributed by atoms with Gasteiger partial charge in [-0.2, -0.15) is 0 Å². The largest absolute Gasteiger partial charge is 0.564 e. The molecule has 0 amide bonds. The monoisotopic (exact) mass is 90.0 g/mol. The highest BCUT2D eigenvalue weighted by Crippen LogP contribution is 1.45. The summed E-state index contributed by atoms with van der Waals surface area (Å²) in [6.07, 6.45) is 0. The quantitative estimate of drug-likeness (QED) is 0.387. The van der Waals surface area contributed by atoms with Gasteiger partial charge in [-0.3, -0.25) is 0 Å². The van der Waals surface area contributed by atoms with Crippen LogP contribution in [0.25, 0.3) is 0 Å². The smallest absolute Gasteiger partial charge is 0.262 e. The van der Waals surface area contributed by atoms with Crippen molar-refractivity contribution < 1.29 is 9.90 Å². The normalized spacial score (nSPS) is 11.8. The van der Waals surface area contributed by atoms with E-state index in [-0.39, 0.29) is 0 Å². The van der Waals surface area contributed by atoms with Gasteiger partial charge in [0.1, 0.15) is 0 Å². The van der Waals surface area contributed by atoms with Gasteiger partial charge in [0.15, 0.2) is 0 Å². The first-order chi connectivity index (χ1) is 2.27. The Morgan fingerprint density at radius 2 is 2.00 bits per heavy atom. The molecule has 2 N–H and O–H groups in total. The SMILES string of the molecule is C/[Si](O)=C\O. The fourth-order valence-corrected chi connectivity index (χ4v) is 0. The molecule has 0 atom stereocenters. The van der Waals surface area contributed by atoms with Crippen LogP contribution in [0.15, 0.2) is 0 Å². The van der Waals surface area contributed by atoms with Gasteiger partial charge in [0.25, 0.3) is 8.65 Å². The molecule has 0 saturated heterocycles. The first-order valence-corrected chi connectivity index (χ1v) is 3.30. The van der Waals surface area contributed by atoms with Gasteiger partial charge in [-0.15, -0.1) is 0 Å². The zero-order valence-corrected chi connectivity index (χ0v) is 3.97. The van der Waals surface area contributed by atoms with E-state index in [0.29, 0.717) is 0 Å². The maximum atomic E-state index is 8.16. The van der Waals surface area contributed by atoms with Crippen LogP contribution in [0, 0.1) is 0 Å². The molecule has 0 rings (SSSR count). The maximum Gasteiger partial charge on any atom is 0.262 e. The van der Waals surface area contributed by atoms with Gasteiger partial charge in [0.05, 0.1) is 5.86 Å². The van der Waals surface area contributed by atoms with Gasteiger partial charge in [-0.1, -0.05) is 0 Å². The van der Waals surface area contributed by atoms with Crippen molar-refractivity contribution in [3.05, 3.63) is 0 Å². The molecule has 0 saturated carbocycles. The van der Waals surface area contributed by atoms with Crippen molar-refractivity contribution in [3.8, 4) is 0 Å². The molecule has 0 heterocycles. The molecular weight excluding hydrogens is 84.1 g/mol. The Hall–Kier alpha value is -0.313. The summed E-state index contributed by atoms with van der Waals surface area (Å²) < 4.78 is 0. The average Bonchev–Trinajstić information content (AvgIpc) is 1.38. The fraction of sp³-hybridized carbons (Fsp3) is 0.500. The van der Waals surface area contributed by atoms with E-state index in [1.165, 1.54) is 0 Å². The minimum atomic E-state index is -1.44. The van der Waals surface area contributed by atoms with Crippen molar-refractivity contribution in [2.75, 3.05) is 0 Å². The summed E-state index contributed by atoms with van der Waals surface area (Å²) in [6.45, 7) is 1.57. The summed E-state index contributed by atoms with van der Waals surface area (Å²) in [5.74, 6) is 0.824. The highest BCUT2D eigenvalue weighted by Gasteiger charge is 1.71. The number of rotatable bonds is 0. The Kier molecular flexibility index (Phi) is 1.84. The van der Waals surface area contributed by atoms with Gasteiger partial charge in [-0.25, -0.2) is 0 Å². The lowest BCUT2D eigenvalue weighted by molar-refractivity contribution is 0.564. The first kappa shape index (κ1) is 4.69. The molecule has 30 valence electrons. The summed E-state index contributed by atoms with van der Waals surface area (Å²) in [7, 11) is -1.44. The Balaban J connectivity index is 3.14. The van der Waals surface area contributed by atoms with Crippen LogP contribution >= 0.6 is 0 Å². The molecule has 0 radical (unpaired) electrons. The Morgan fingerprint density at radius 3 is 2.00 bits per heavy atom. The molecule has 0 aliphatic heterocycles. The van der Waals surface area contributed by atoms with Gasteiger partial charge < -0.3 is 9.90 Å². The molecule has 0 bridgehead atoms. The Morgan fingerprint density at radius 1 is 1.80 bits per heavy atom. The molecule has 0 aromatic heterocycles. The van der Waals surface area contributed by atoms with Crippen molar-refractivity contribution in [2.45, 2.75) is 6.55 Å². The van der Waals surface area contributed by atoms with Crippen LogP contribution in [-0.4, -0.2) is 24.4 Å². The summed E-state index contributed by atoms with van der Waals surface area (Å²) in [5.41, 5.74) is 0. The van der Waals surface area contributed by atoms with Crippen LogP contribution in [0.2, 0.25) is 6.55 Å². The number of aliphatic hydroxyl groups excluding tert-OH is 1. The second-order valence-electron chi connectivity index (χ2n) is 0.770. The van der Waals surface area contributed by atoms with E-state index in [1.807, 2.05) is 0 Å². The first-order valence-electron chi connectivity index (χ1n) is 1.27. The van der Waals surface area contributed by atoms with Crippen LogP contribution in [0.3, 0.4) is 0 Å². The van der Waals surface area contributed by atoms with Crippen LogP contribution in [0.5, 0.6) is 0 Å². The molecule has 0 fully saturated rings. The molecule has 3 heteroatoms. The minimum Gasteiger partial charge on any atom is -0.564 e. The van der Waals surface area contributed by atoms with Crippen LogP contribution in [-0.2, 0) is 0 Å². The maximum absolute atomic E-state index is 8.16. The summed E-state index contributed by atoms with van der Waals surface area (Å²) >= 11 is 0. The average molecular weight is 90.2 g/mol. The minimum absolute atomic E-state index is 0.824. The van der Waals surface area contributed by atoms with Gasteiger partial charge in [0.2, 0.25) is 0 Å². The standard InChI is InChI=1S/C2H6O2Si/c1-5(4)2-3/h2-4H,1H3/b5-2+. The zero-order chi connectivity index (χ0) is 4.28. The zero-order valence-electron chi connectivity index (χ0n) is 2.97. The fourth-order valence-electron chi connectivity index (χ4n) is 0. The van der Waals surface area contributed by atoms with E-state index in [2.05, 4.69) is 0 Å². The molecular formula is C2H6O2Si. The molecule has 0 unspecified atom stereocenters. The Labute approximate surface area is 32.0 Å². The van der Waals surface area contributed by atoms with E-state index < -0.39 is 8.65 Å². The van der Waals surface area contributed by atoms with E-state index >= 15 is 0 Å². The molecule has 2 nitrogen and oxygen atoms in total. The summed E-state index contributed by atoms with van der Waals surface area (Å²) in [6, 6.07) is 0. The highest BCUT2D eigenvalue weighted by atomic mass is 28.3. The number of hydrogen-bond donors (Lipinski definition) is 2. The third-order valence-corrected chi connectivity index (χ3v) is 0.561. The second kappa shape index (κ2) is 1.96. The highest BCUT2D eigenvalue weighted by molar-refractivity contribution is 6.55. The van der Waals surface area contributed by atoms with E-state index in [1.54, 1.807) is 6.55 Å². The lowest BCUT2D eigenvalue weighted by Crippen LogP contribution is -1.93. The van der Waals surface area contributed by atoms with Crippen LogP contribution in [0.1, 0.15) is 0 Å². The van der Waals surface area contributed by atoms with Gasteiger partial charge >= 0.3 is 0 Å². The van der Waals surface area contributed by atoms with Crippen LogP contribution < -0.4 is 0 Å². The second-order valence-corrected chi connectivity index (χ2v) is 2.31. The lowest BCUT2D eigenvalue weighted by atomic mass is 11.7. The molecule has 0 spiro atoms. The van der Waals surface area contributed by atoms with Gasteiger partial charge in [-0.05, 0) is 6.55 Å². The molecule has 0 aliphatic rings. The summed E-state index contributed by atoms with van der Waals surface area (Å²) in [5, 5.41) is 7.81. The third kappa shape index (κ3) is 3.69. The van der Waals surface area contributed by atoms with E-state index in [0.717, 1.165) is 5.86 Å². The number of hydrogen-bond acceptors (Lipinski definition) is 2. The van der Waals surface area contributed by atoms with E-state index in [4.69, 9.17) is 9.90 Å². The summed E-state index contributed by atoms with van der Waals surface area (Å²) in [4.78, 5) is 8.16. The Bertz CT molecular complexity index is 45.6. The number of aliphatic hydroxyl groups is 1. The van der Waals surface area contributed by atoms with Crippen molar-refractivity contribution in [1.82, 2.24) is 0 Å². The third-order valence-electron chi connectivity index (χ3n) is 0.187. The topological polar surface area (TPSA) is 40.5 Å². The molecule has 0 aromatic rings. The molecule has 0 aromatic carbocycles. The predicted molar refractivity (Wildman–Crippen MR) is 21.8 cm³/mol. The van der Waals surface area contributed by atoms with Crippen molar-refractivity contribution in [1.29, 1.82) is 0 Å².